The summed E-state index contributed by atoms with van der Waals surface area (Å²) >= 11 is 0. The summed E-state index contributed by atoms with van der Waals surface area (Å²) in [6.07, 6.45) is 7.75. The molecule has 0 aliphatic carbocycles. The highest BCUT2D eigenvalue weighted by molar-refractivity contribution is 5.66. The van der Waals surface area contributed by atoms with Gasteiger partial charge in [-0.3, -0.25) is 9.48 Å². The number of hydrogen-bond acceptors (Lipinski definition) is 5. The standard InChI is InChI=1S/C18H25N5O2/c1-3-5-14-10-19-13(2)21-18(14)22-9-4-6-15(11-22)16-7-8-20-23(16)12-17(24)25/h7-8,10,15H,3-6,9,11-12H2,1-2H3,(H,24,25)/t15-/m1/s1. The molecule has 1 atom stereocenters. The molecular formula is C18H25N5O2. The Morgan fingerprint density at radius 2 is 2.28 bits per heavy atom. The van der Waals surface area contributed by atoms with E-state index in [1.807, 2.05) is 19.2 Å². The minimum Gasteiger partial charge on any atom is -0.480 e. The maximum absolute atomic E-state index is 11.1. The predicted molar refractivity (Wildman–Crippen MR) is 94.8 cm³/mol. The van der Waals surface area contributed by atoms with Crippen molar-refractivity contribution in [2.45, 2.75) is 52.0 Å². The number of hydrogen-bond donors (Lipinski definition) is 1. The molecule has 0 unspecified atom stereocenters. The van der Waals surface area contributed by atoms with Crippen molar-refractivity contribution >= 4 is 11.8 Å². The molecule has 3 heterocycles. The molecule has 0 spiro atoms. The summed E-state index contributed by atoms with van der Waals surface area (Å²) in [4.78, 5) is 22.4. The van der Waals surface area contributed by atoms with Gasteiger partial charge >= 0.3 is 5.97 Å². The van der Waals surface area contributed by atoms with Gasteiger partial charge in [0.1, 0.15) is 18.2 Å². The van der Waals surface area contributed by atoms with E-state index in [1.54, 1.807) is 10.9 Å². The summed E-state index contributed by atoms with van der Waals surface area (Å²) in [5.74, 6) is 1.21. The van der Waals surface area contributed by atoms with Gasteiger partial charge in [0.05, 0.1) is 0 Å². The van der Waals surface area contributed by atoms with Crippen LogP contribution in [0.5, 0.6) is 0 Å². The number of aliphatic carboxylic acids is 1. The van der Waals surface area contributed by atoms with Gasteiger partial charge in [-0.2, -0.15) is 5.10 Å². The number of anilines is 1. The lowest BCUT2D eigenvalue weighted by molar-refractivity contribution is -0.137. The normalized spacial score (nSPS) is 17.7. The first-order valence-corrected chi connectivity index (χ1v) is 8.89. The quantitative estimate of drug-likeness (QED) is 0.867. The zero-order valence-corrected chi connectivity index (χ0v) is 14.9. The molecule has 0 bridgehead atoms. The summed E-state index contributed by atoms with van der Waals surface area (Å²) < 4.78 is 1.61. The van der Waals surface area contributed by atoms with E-state index in [4.69, 9.17) is 10.1 Å². The van der Waals surface area contributed by atoms with Crippen LogP contribution in [0, 0.1) is 6.92 Å². The molecule has 1 fully saturated rings. The molecule has 1 aliphatic heterocycles. The van der Waals surface area contributed by atoms with Gasteiger partial charge in [0.15, 0.2) is 0 Å². The van der Waals surface area contributed by atoms with E-state index in [-0.39, 0.29) is 12.5 Å². The van der Waals surface area contributed by atoms with Crippen LogP contribution in [0.1, 0.15) is 49.2 Å². The Labute approximate surface area is 147 Å². The van der Waals surface area contributed by atoms with Gasteiger partial charge in [-0.05, 0) is 32.3 Å². The lowest BCUT2D eigenvalue weighted by Crippen LogP contribution is -2.36. The van der Waals surface area contributed by atoms with Crippen molar-refractivity contribution in [2.75, 3.05) is 18.0 Å². The second-order valence-electron chi connectivity index (χ2n) is 6.61. The first-order chi connectivity index (χ1) is 12.1. The number of rotatable bonds is 6. The van der Waals surface area contributed by atoms with Crippen molar-refractivity contribution < 1.29 is 9.90 Å². The second kappa shape index (κ2) is 7.63. The molecule has 0 saturated carbocycles. The van der Waals surface area contributed by atoms with Gasteiger partial charge in [-0.1, -0.05) is 13.3 Å². The minimum atomic E-state index is -0.866. The van der Waals surface area contributed by atoms with E-state index in [2.05, 4.69) is 21.9 Å². The maximum Gasteiger partial charge on any atom is 0.325 e. The molecule has 0 radical (unpaired) electrons. The molecule has 134 valence electrons. The lowest BCUT2D eigenvalue weighted by atomic mass is 9.94. The van der Waals surface area contributed by atoms with E-state index in [9.17, 15) is 4.79 Å². The van der Waals surface area contributed by atoms with Gasteiger partial charge in [-0.15, -0.1) is 0 Å². The third kappa shape index (κ3) is 3.97. The van der Waals surface area contributed by atoms with Crippen LogP contribution < -0.4 is 4.90 Å². The SMILES string of the molecule is CCCc1cnc(C)nc1N1CCC[C@@H](c2ccnn2CC(=O)O)C1. The summed E-state index contributed by atoms with van der Waals surface area (Å²) in [5.41, 5.74) is 2.18. The predicted octanol–water partition coefficient (Wildman–Crippen LogP) is 2.40. The lowest BCUT2D eigenvalue weighted by Gasteiger charge is -2.34. The topological polar surface area (TPSA) is 84.1 Å². The van der Waals surface area contributed by atoms with Crippen molar-refractivity contribution in [3.05, 3.63) is 35.5 Å². The van der Waals surface area contributed by atoms with Crippen LogP contribution in [0.2, 0.25) is 0 Å². The Morgan fingerprint density at radius 1 is 1.44 bits per heavy atom. The number of aryl methyl sites for hydroxylation is 2. The number of nitrogens with zero attached hydrogens (tertiary/aromatic N) is 5. The monoisotopic (exact) mass is 343 g/mol. The third-order valence-corrected chi connectivity index (χ3v) is 4.66. The summed E-state index contributed by atoms with van der Waals surface area (Å²) in [7, 11) is 0. The van der Waals surface area contributed by atoms with Gasteiger partial charge in [0.25, 0.3) is 0 Å². The highest BCUT2D eigenvalue weighted by Crippen LogP contribution is 2.31. The van der Waals surface area contributed by atoms with Crippen molar-refractivity contribution in [1.82, 2.24) is 19.7 Å². The van der Waals surface area contributed by atoms with Crippen molar-refractivity contribution in [2.24, 2.45) is 0 Å². The van der Waals surface area contributed by atoms with Crippen molar-refractivity contribution in [3.8, 4) is 0 Å². The van der Waals surface area contributed by atoms with Crippen LogP contribution in [0.15, 0.2) is 18.5 Å². The maximum atomic E-state index is 11.1. The molecule has 25 heavy (non-hydrogen) atoms. The van der Waals surface area contributed by atoms with E-state index in [0.717, 1.165) is 56.1 Å². The van der Waals surface area contributed by atoms with Gasteiger partial charge in [0, 0.05) is 42.7 Å². The fourth-order valence-corrected chi connectivity index (χ4v) is 3.56. The van der Waals surface area contributed by atoms with E-state index >= 15 is 0 Å². The van der Waals surface area contributed by atoms with Crippen LogP contribution in [-0.2, 0) is 17.8 Å². The van der Waals surface area contributed by atoms with Gasteiger partial charge < -0.3 is 10.0 Å². The Bertz CT molecular complexity index is 743. The van der Waals surface area contributed by atoms with Gasteiger partial charge in [-0.25, -0.2) is 9.97 Å². The minimum absolute atomic E-state index is 0.0907. The van der Waals surface area contributed by atoms with Crippen LogP contribution in [0.3, 0.4) is 0 Å². The molecule has 3 rings (SSSR count). The molecule has 7 heteroatoms. The van der Waals surface area contributed by atoms with Crippen LogP contribution in [0.4, 0.5) is 5.82 Å². The highest BCUT2D eigenvalue weighted by atomic mass is 16.4. The van der Waals surface area contributed by atoms with Gasteiger partial charge in [0.2, 0.25) is 0 Å². The Kier molecular flexibility index (Phi) is 5.31. The van der Waals surface area contributed by atoms with E-state index < -0.39 is 5.97 Å². The molecular weight excluding hydrogens is 318 g/mol. The molecule has 0 aromatic carbocycles. The number of carboxylic acids is 1. The fraction of sp³-hybridized carbons (Fsp3) is 0.556. The van der Waals surface area contributed by atoms with E-state index in [0.29, 0.717) is 0 Å². The zero-order valence-electron chi connectivity index (χ0n) is 14.9. The van der Waals surface area contributed by atoms with Crippen LogP contribution in [-0.4, -0.2) is 43.9 Å². The average molecular weight is 343 g/mol. The second-order valence-corrected chi connectivity index (χ2v) is 6.61. The molecule has 7 nitrogen and oxygen atoms in total. The number of piperidine rings is 1. The summed E-state index contributed by atoms with van der Waals surface area (Å²) in [5, 5.41) is 13.3. The van der Waals surface area contributed by atoms with Crippen molar-refractivity contribution in [1.29, 1.82) is 0 Å². The summed E-state index contributed by atoms with van der Waals surface area (Å²) in [6.45, 7) is 5.79. The molecule has 2 aromatic heterocycles. The zero-order chi connectivity index (χ0) is 17.8. The molecule has 1 aliphatic rings. The Balaban J connectivity index is 1.84. The van der Waals surface area contributed by atoms with E-state index in [1.165, 1.54) is 5.56 Å². The largest absolute Gasteiger partial charge is 0.480 e. The fourth-order valence-electron chi connectivity index (χ4n) is 3.56. The summed E-state index contributed by atoms with van der Waals surface area (Å²) in [6, 6.07) is 1.94. The van der Waals surface area contributed by atoms with Crippen molar-refractivity contribution in [3.63, 3.8) is 0 Å². The number of aromatic nitrogens is 4. The Morgan fingerprint density at radius 3 is 3.04 bits per heavy atom. The molecule has 1 saturated heterocycles. The first-order valence-electron chi connectivity index (χ1n) is 8.89. The third-order valence-electron chi connectivity index (χ3n) is 4.66. The Hall–Kier alpha value is -2.44. The van der Waals surface area contributed by atoms with Crippen LogP contribution >= 0.6 is 0 Å². The molecule has 2 aromatic rings. The first kappa shape index (κ1) is 17.4. The average Bonchev–Trinajstić information content (AvgIpc) is 3.04. The number of carbonyl (C=O) groups is 1. The molecule has 1 N–H and O–H groups in total. The smallest absolute Gasteiger partial charge is 0.325 e. The number of carboxylic acid groups (broad SMARTS) is 1. The highest BCUT2D eigenvalue weighted by Gasteiger charge is 2.26. The molecule has 0 amide bonds. The van der Waals surface area contributed by atoms with Crippen LogP contribution in [0.25, 0.3) is 0 Å².